The second kappa shape index (κ2) is 13.5. The Morgan fingerprint density at radius 2 is 1.60 bits per heavy atom. The van der Waals surface area contributed by atoms with Gasteiger partial charge in [-0.15, -0.1) is 0 Å². The molecule has 4 rings (SSSR count). The summed E-state index contributed by atoms with van der Waals surface area (Å²) in [5.41, 5.74) is 7.35. The van der Waals surface area contributed by atoms with Crippen LogP contribution in [0.3, 0.4) is 0 Å². The fraction of sp³-hybridized carbons (Fsp3) is 0.457. The first-order chi connectivity index (χ1) is 20.0. The highest BCUT2D eigenvalue weighted by molar-refractivity contribution is 5.89. The molecule has 1 fully saturated rings. The standard InChI is InChI=1S/C35H46N4O3/c1-34(2,36)18-10-15-31(40)38(4)30(24-27-16-17-28-13-8-9-14-29(28)23-27)32(41)39-21-19-35(20-22-39,33(42)37-3)25-26-11-6-5-7-12-26/h5-9,11-14,16-17,23,30H,10,15,18-22,24-25,36H2,1-4H3,(H,37,42)/t30-/m1/s1. The van der Waals surface area contributed by atoms with Crippen molar-refractivity contribution in [1.82, 2.24) is 15.1 Å². The van der Waals surface area contributed by atoms with Crippen LogP contribution in [0.5, 0.6) is 0 Å². The molecule has 7 heteroatoms. The summed E-state index contributed by atoms with van der Waals surface area (Å²) in [5.74, 6) is -0.108. The monoisotopic (exact) mass is 570 g/mol. The summed E-state index contributed by atoms with van der Waals surface area (Å²) in [6.45, 7) is 4.86. The highest BCUT2D eigenvalue weighted by Crippen LogP contribution is 2.36. The Morgan fingerprint density at radius 1 is 0.952 bits per heavy atom. The minimum absolute atomic E-state index is 0.0151. The second-order valence-corrected chi connectivity index (χ2v) is 12.6. The topological polar surface area (TPSA) is 95.7 Å². The molecule has 1 aliphatic rings. The lowest BCUT2D eigenvalue weighted by molar-refractivity contribution is -0.148. The van der Waals surface area contributed by atoms with Crippen molar-refractivity contribution in [3.05, 3.63) is 83.9 Å². The van der Waals surface area contributed by atoms with Crippen LogP contribution in [0.15, 0.2) is 72.8 Å². The van der Waals surface area contributed by atoms with Crippen molar-refractivity contribution in [2.45, 2.75) is 70.4 Å². The lowest BCUT2D eigenvalue weighted by atomic mass is 9.73. The lowest BCUT2D eigenvalue weighted by Crippen LogP contribution is -2.55. The van der Waals surface area contributed by atoms with Crippen LogP contribution in [-0.4, -0.2) is 66.3 Å². The number of carbonyl (C=O) groups is 3. The largest absolute Gasteiger partial charge is 0.359 e. The number of nitrogens with two attached hydrogens (primary N) is 1. The third-order valence-corrected chi connectivity index (χ3v) is 8.73. The Bertz CT molecular complexity index is 1370. The van der Waals surface area contributed by atoms with Gasteiger partial charge in [-0.25, -0.2) is 0 Å². The van der Waals surface area contributed by atoms with Crippen molar-refractivity contribution >= 4 is 28.5 Å². The number of rotatable bonds is 11. The number of piperidine rings is 1. The first-order valence-corrected chi connectivity index (χ1v) is 15.1. The van der Waals surface area contributed by atoms with Gasteiger partial charge in [0, 0.05) is 45.6 Å². The third-order valence-electron chi connectivity index (χ3n) is 8.73. The third kappa shape index (κ3) is 7.77. The van der Waals surface area contributed by atoms with Crippen molar-refractivity contribution < 1.29 is 14.4 Å². The molecule has 1 aliphatic heterocycles. The molecule has 0 radical (unpaired) electrons. The number of nitrogens with one attached hydrogen (secondary N) is 1. The number of likely N-dealkylation sites (tertiary alicyclic amines) is 1. The van der Waals surface area contributed by atoms with Crippen molar-refractivity contribution in [3.8, 4) is 0 Å². The van der Waals surface area contributed by atoms with Gasteiger partial charge in [-0.2, -0.15) is 0 Å². The van der Waals surface area contributed by atoms with Gasteiger partial charge in [0.25, 0.3) is 0 Å². The Labute approximate surface area is 250 Å². The summed E-state index contributed by atoms with van der Waals surface area (Å²) in [7, 11) is 3.42. The predicted molar refractivity (Wildman–Crippen MR) is 169 cm³/mol. The highest BCUT2D eigenvalue weighted by atomic mass is 16.2. The Morgan fingerprint density at radius 3 is 2.24 bits per heavy atom. The number of nitrogens with zero attached hydrogens (tertiary/aromatic N) is 2. The molecule has 7 nitrogen and oxygen atoms in total. The molecule has 3 aromatic rings. The van der Waals surface area contributed by atoms with Crippen LogP contribution in [-0.2, 0) is 27.2 Å². The SMILES string of the molecule is CNC(=O)C1(Cc2ccccc2)CCN(C(=O)[C@@H](Cc2ccc3ccccc3c2)N(C)C(=O)CCCC(C)(C)N)CC1. The highest BCUT2D eigenvalue weighted by Gasteiger charge is 2.43. The van der Waals surface area contributed by atoms with Gasteiger partial charge in [-0.05, 0) is 67.9 Å². The van der Waals surface area contributed by atoms with E-state index in [0.29, 0.717) is 51.6 Å². The molecule has 1 atom stereocenters. The zero-order valence-electron chi connectivity index (χ0n) is 25.6. The number of hydrogen-bond donors (Lipinski definition) is 2. The Balaban J connectivity index is 1.53. The van der Waals surface area contributed by atoms with E-state index in [1.165, 1.54) is 0 Å². The summed E-state index contributed by atoms with van der Waals surface area (Å²) >= 11 is 0. The molecule has 0 spiro atoms. The van der Waals surface area contributed by atoms with Gasteiger partial charge in [-0.3, -0.25) is 14.4 Å². The zero-order valence-corrected chi connectivity index (χ0v) is 25.6. The average Bonchev–Trinajstić information content (AvgIpc) is 2.98. The smallest absolute Gasteiger partial charge is 0.245 e. The summed E-state index contributed by atoms with van der Waals surface area (Å²) in [5, 5.41) is 5.11. The number of carbonyl (C=O) groups excluding carboxylic acids is 3. The van der Waals surface area contributed by atoms with E-state index in [1.54, 1.807) is 19.0 Å². The van der Waals surface area contributed by atoms with Gasteiger partial charge in [-0.1, -0.05) is 72.8 Å². The van der Waals surface area contributed by atoms with Gasteiger partial charge >= 0.3 is 0 Å². The maximum atomic E-state index is 14.2. The molecule has 1 heterocycles. The van der Waals surface area contributed by atoms with E-state index in [0.717, 1.165) is 28.3 Å². The predicted octanol–water partition coefficient (Wildman–Crippen LogP) is 4.71. The van der Waals surface area contributed by atoms with E-state index in [4.69, 9.17) is 5.73 Å². The number of benzene rings is 3. The van der Waals surface area contributed by atoms with Gasteiger partial charge in [0.1, 0.15) is 6.04 Å². The fourth-order valence-electron chi connectivity index (χ4n) is 6.13. The summed E-state index contributed by atoms with van der Waals surface area (Å²) < 4.78 is 0. The molecule has 0 bridgehead atoms. The van der Waals surface area contributed by atoms with E-state index in [2.05, 4.69) is 29.6 Å². The van der Waals surface area contributed by atoms with E-state index in [1.807, 2.05) is 67.3 Å². The van der Waals surface area contributed by atoms with Crippen molar-refractivity contribution in [3.63, 3.8) is 0 Å². The summed E-state index contributed by atoms with van der Waals surface area (Å²) in [6.07, 6.45) is 3.93. The maximum absolute atomic E-state index is 14.2. The van der Waals surface area contributed by atoms with Crippen LogP contribution >= 0.6 is 0 Å². The molecule has 0 saturated carbocycles. The van der Waals surface area contributed by atoms with Gasteiger partial charge in [0.05, 0.1) is 5.41 Å². The minimum atomic E-state index is -0.633. The van der Waals surface area contributed by atoms with Crippen LogP contribution < -0.4 is 11.1 Å². The lowest BCUT2D eigenvalue weighted by Gasteiger charge is -2.42. The Kier molecular flexibility index (Phi) is 10.0. The number of amides is 3. The normalized spacial score (nSPS) is 15.7. The van der Waals surface area contributed by atoms with Crippen molar-refractivity contribution in [2.75, 3.05) is 27.2 Å². The molecule has 42 heavy (non-hydrogen) atoms. The number of fused-ring (bicyclic) bond motifs is 1. The first kappa shape index (κ1) is 31.2. The first-order valence-electron chi connectivity index (χ1n) is 15.1. The zero-order chi connectivity index (χ0) is 30.3. The molecule has 0 aromatic heterocycles. The average molecular weight is 571 g/mol. The van der Waals surface area contributed by atoms with E-state index < -0.39 is 11.5 Å². The molecule has 0 aliphatic carbocycles. The van der Waals surface area contributed by atoms with Gasteiger partial charge < -0.3 is 20.9 Å². The number of likely N-dealkylation sites (N-methyl/N-ethyl adjacent to an activating group) is 1. The van der Waals surface area contributed by atoms with Crippen LogP contribution in [0.2, 0.25) is 0 Å². The maximum Gasteiger partial charge on any atom is 0.245 e. The van der Waals surface area contributed by atoms with Gasteiger partial charge in [0.15, 0.2) is 0 Å². The summed E-state index contributed by atoms with van der Waals surface area (Å²) in [6, 6.07) is 23.8. The van der Waals surface area contributed by atoms with Crippen LogP contribution in [0, 0.1) is 5.41 Å². The number of hydrogen-bond acceptors (Lipinski definition) is 4. The van der Waals surface area contributed by atoms with Crippen LogP contribution in [0.25, 0.3) is 10.8 Å². The van der Waals surface area contributed by atoms with Crippen LogP contribution in [0.4, 0.5) is 0 Å². The van der Waals surface area contributed by atoms with Crippen LogP contribution in [0.1, 0.15) is 57.1 Å². The molecule has 1 saturated heterocycles. The minimum Gasteiger partial charge on any atom is -0.359 e. The second-order valence-electron chi connectivity index (χ2n) is 12.6. The van der Waals surface area contributed by atoms with Gasteiger partial charge in [0.2, 0.25) is 17.7 Å². The molecule has 3 aromatic carbocycles. The van der Waals surface area contributed by atoms with Crippen molar-refractivity contribution in [2.24, 2.45) is 11.1 Å². The summed E-state index contributed by atoms with van der Waals surface area (Å²) in [4.78, 5) is 44.1. The van der Waals surface area contributed by atoms with Crippen molar-refractivity contribution in [1.29, 1.82) is 0 Å². The molecular formula is C35H46N4O3. The quantitative estimate of drug-likeness (QED) is 0.349. The molecule has 3 amide bonds. The molecule has 224 valence electrons. The van der Waals surface area contributed by atoms with E-state index in [-0.39, 0.29) is 23.3 Å². The molecular weight excluding hydrogens is 524 g/mol. The molecule has 3 N–H and O–H groups in total. The Hall–Kier alpha value is -3.71. The van der Waals surface area contributed by atoms with E-state index in [9.17, 15) is 14.4 Å². The fourth-order valence-corrected chi connectivity index (χ4v) is 6.13. The van der Waals surface area contributed by atoms with E-state index >= 15 is 0 Å². The molecule has 0 unspecified atom stereocenters.